The van der Waals surface area contributed by atoms with Gasteiger partial charge in [0.25, 0.3) is 0 Å². The van der Waals surface area contributed by atoms with Crippen molar-refractivity contribution < 1.29 is 12.6 Å². The monoisotopic (exact) mass is 1790 g/mol. The third-order valence-corrected chi connectivity index (χ3v) is 30.1. The Kier molecular flexibility index (Phi) is 25.5. The number of hydrogen-bond donors (Lipinski definition) is 0. The predicted molar refractivity (Wildman–Crippen MR) is 562 cm³/mol. The SMILES string of the molecule is CC(C)=C1c2cc(C)ccc2N(c2c(C)cc(C)cc2C)c2ccc(C)cc21.Cc1cc(C)c(-n2c3ccc(C)cc3c(=O)c3cc(C)ccc32)c(C)c1.Cc1cc(C)c(N2c3ccc(C)cc3S(=O)(=O)c3cc(C)ccc32)c(C)c1.Cc1cc(C)c(N2c3ccc(C)cc3S(=O)c3cc(C)ccc32)c(C)c1.Cc1cc(C)c(N2c3ccc(C)cc3Sc3cc(C)ccc32)c(C)c1. The molecule has 1 aromatic heterocycles. The van der Waals surface area contributed by atoms with Crippen molar-refractivity contribution in [2.24, 2.45) is 0 Å². The molecule has 0 amide bonds. The van der Waals surface area contributed by atoms with E-state index in [1.54, 1.807) is 12.1 Å². The fourth-order valence-electron chi connectivity index (χ4n) is 20.5. The van der Waals surface area contributed by atoms with Crippen LogP contribution >= 0.6 is 11.8 Å². The fraction of sp³-hybridized carbons (Fsp3) is 0.225. The highest BCUT2D eigenvalue weighted by atomic mass is 32.2. The van der Waals surface area contributed by atoms with Gasteiger partial charge in [-0.25, -0.2) is 12.6 Å². The average molecular weight is 1790 g/mol. The van der Waals surface area contributed by atoms with E-state index in [1.165, 1.54) is 172 Å². The van der Waals surface area contributed by atoms with Gasteiger partial charge in [-0.1, -0.05) is 189 Å². The van der Waals surface area contributed by atoms with Crippen molar-refractivity contribution in [1.82, 2.24) is 4.57 Å². The molecule has 0 spiro atoms. The van der Waals surface area contributed by atoms with Gasteiger partial charge in [-0.15, -0.1) is 0 Å². The molecule has 9 nitrogen and oxygen atoms in total. The number of anilines is 12. The van der Waals surface area contributed by atoms with Crippen molar-refractivity contribution in [2.45, 2.75) is 216 Å². The summed E-state index contributed by atoms with van der Waals surface area (Å²) >= 11 is 1.88. The van der Waals surface area contributed by atoms with Crippen LogP contribution in [-0.2, 0) is 20.6 Å². The number of fused-ring (bicyclic) bond motifs is 10. The minimum atomic E-state index is -3.56. The molecular formula is C120H121N5O4S3. The summed E-state index contributed by atoms with van der Waals surface area (Å²) in [4.78, 5) is 27.7. The summed E-state index contributed by atoms with van der Waals surface area (Å²) in [7, 11) is -4.73. The molecule has 0 fully saturated rings. The minimum absolute atomic E-state index is 0.112. The lowest BCUT2D eigenvalue weighted by Crippen LogP contribution is -2.23. The molecule has 0 aliphatic carbocycles. The van der Waals surface area contributed by atoms with Gasteiger partial charge < -0.3 is 24.2 Å². The van der Waals surface area contributed by atoms with Crippen LogP contribution in [0.3, 0.4) is 0 Å². The fourth-order valence-corrected chi connectivity index (χ4v) is 25.1. The molecule has 0 unspecified atom stereocenters. The highest BCUT2D eigenvalue weighted by Gasteiger charge is 2.38. The molecule has 4 aliphatic heterocycles. The lowest BCUT2D eigenvalue weighted by atomic mass is 9.85. The maximum atomic E-state index is 13.4. The largest absolute Gasteiger partial charge is 0.309 e. The van der Waals surface area contributed by atoms with E-state index >= 15 is 0 Å². The smallest absolute Gasteiger partial charge is 0.210 e. The Morgan fingerprint density at radius 2 is 0.500 bits per heavy atom. The van der Waals surface area contributed by atoms with Gasteiger partial charge in [0.2, 0.25) is 9.84 Å². The molecule has 0 bridgehead atoms. The summed E-state index contributed by atoms with van der Waals surface area (Å²) in [5, 5.41) is 1.56. The zero-order valence-corrected chi connectivity index (χ0v) is 84.1. The molecule has 5 heterocycles. The Morgan fingerprint density at radius 3 is 0.826 bits per heavy atom. The number of sulfone groups is 1. The van der Waals surface area contributed by atoms with E-state index in [2.05, 4.69) is 378 Å². The second kappa shape index (κ2) is 36.4. The quantitative estimate of drug-likeness (QED) is 0.156. The van der Waals surface area contributed by atoms with Crippen LogP contribution in [0.1, 0.15) is 164 Å². The van der Waals surface area contributed by atoms with E-state index in [1.807, 2.05) is 75.9 Å². The lowest BCUT2D eigenvalue weighted by molar-refractivity contribution is 0.594. The second-order valence-corrected chi connectivity index (χ2v) is 42.3. The molecule has 0 saturated carbocycles. The van der Waals surface area contributed by atoms with Crippen molar-refractivity contribution in [3.05, 3.63) is 409 Å². The summed E-state index contributed by atoms with van der Waals surface area (Å²) in [5.74, 6) is 0. The van der Waals surface area contributed by atoms with Gasteiger partial charge in [0.1, 0.15) is 0 Å². The van der Waals surface area contributed by atoms with E-state index in [-0.39, 0.29) is 5.43 Å². The van der Waals surface area contributed by atoms with Crippen LogP contribution in [-0.4, -0.2) is 17.2 Å². The van der Waals surface area contributed by atoms with Crippen molar-refractivity contribution >= 4 is 128 Å². The highest BCUT2D eigenvalue weighted by molar-refractivity contribution is 7.99. The van der Waals surface area contributed by atoms with Crippen LogP contribution in [0.2, 0.25) is 0 Å². The number of benzene rings is 15. The summed E-state index contributed by atoms with van der Waals surface area (Å²) in [5.41, 5.74) is 52.3. The molecule has 668 valence electrons. The maximum absolute atomic E-state index is 13.4. The molecule has 132 heavy (non-hydrogen) atoms. The highest BCUT2D eigenvalue weighted by Crippen LogP contribution is 2.57. The first-order valence-corrected chi connectivity index (χ1v) is 49.1. The van der Waals surface area contributed by atoms with Gasteiger partial charge in [-0.05, 0) is 403 Å². The van der Waals surface area contributed by atoms with E-state index in [0.717, 1.165) is 93.2 Å². The van der Waals surface area contributed by atoms with E-state index < -0.39 is 20.6 Å². The van der Waals surface area contributed by atoms with Crippen LogP contribution in [0.5, 0.6) is 0 Å². The van der Waals surface area contributed by atoms with Gasteiger partial charge in [0.15, 0.2) is 5.43 Å². The van der Waals surface area contributed by atoms with E-state index in [4.69, 9.17) is 0 Å². The van der Waals surface area contributed by atoms with Crippen molar-refractivity contribution in [3.63, 3.8) is 0 Å². The minimum Gasteiger partial charge on any atom is -0.309 e. The molecule has 0 saturated heterocycles. The third-order valence-electron chi connectivity index (χ3n) is 25.7. The summed E-state index contributed by atoms with van der Waals surface area (Å²) in [6.45, 7) is 57.5. The third kappa shape index (κ3) is 17.4. The first-order chi connectivity index (χ1) is 62.6. The molecule has 15 aromatic carbocycles. The zero-order valence-electron chi connectivity index (χ0n) is 81.7. The predicted octanol–water partition coefficient (Wildman–Crippen LogP) is 32.7. The number of nitrogens with zero attached hydrogens (tertiary/aromatic N) is 5. The summed E-state index contributed by atoms with van der Waals surface area (Å²) in [6.07, 6.45) is 0. The standard InChI is InChI=1S/C27H29N.C24H23NO.C23H23NO2S.C23H23NOS.C23H23NS/c1-16(2)26-22-14-17(3)8-10-24(22)28(25-11-9-18(4)15-23(25)26)27-20(6)12-19(5)13-21(27)7;1-14-6-8-21-19(12-14)24(26)20-13-15(2)7-9-22(20)25(21)23-17(4)10-16(3)11-18(23)5;1-14-6-8-19-21(12-14)27(25,26)22-13-15(2)7-9-20(22)24(19)23-17(4)10-16(3)11-18(23)5;1-14-6-8-19-21(12-14)26(25)22-13-15(2)7-9-20(22)24(19)23-17(4)10-16(3)11-18(23)5;1-14-6-8-19-21(12-14)25-22-13-15(2)7-9-20(22)24(19)23-17(4)10-16(3)11-18(23)5/h8-15H,1-7H3;6-13H,1-5H3;6-13H,1-5H3;6-13H,1-5H3;6-13H,1-5H3. The number of pyridine rings is 1. The zero-order chi connectivity index (χ0) is 94.6. The van der Waals surface area contributed by atoms with Crippen LogP contribution in [0.15, 0.2) is 282 Å². The average Bonchev–Trinajstić information content (AvgIpc) is 0.715. The summed E-state index contributed by atoms with van der Waals surface area (Å²) < 4.78 is 42.3. The van der Waals surface area contributed by atoms with Gasteiger partial charge >= 0.3 is 0 Å². The molecule has 0 radical (unpaired) electrons. The number of rotatable bonds is 5. The molecule has 4 aliphatic rings. The number of hydrogen-bond acceptors (Lipinski definition) is 9. The van der Waals surface area contributed by atoms with E-state index in [9.17, 15) is 17.4 Å². The van der Waals surface area contributed by atoms with Crippen LogP contribution in [0.4, 0.5) is 68.2 Å². The molecule has 16 aromatic rings. The number of allylic oxidation sites excluding steroid dienone is 1. The first-order valence-electron chi connectivity index (χ1n) is 45.7. The van der Waals surface area contributed by atoms with E-state index in [0.29, 0.717) is 21.2 Å². The normalized spacial score (nSPS) is 13.0. The molecule has 20 rings (SSSR count). The van der Waals surface area contributed by atoms with Gasteiger partial charge in [0, 0.05) is 31.7 Å². The second-order valence-electron chi connectivity index (χ2n) is 37.9. The Balaban J connectivity index is 0.000000120. The van der Waals surface area contributed by atoms with Gasteiger partial charge in [-0.2, -0.15) is 0 Å². The lowest BCUT2D eigenvalue weighted by Gasteiger charge is -2.37. The van der Waals surface area contributed by atoms with Gasteiger partial charge in [0.05, 0.1) is 115 Å². The summed E-state index contributed by atoms with van der Waals surface area (Å²) in [6, 6.07) is 85.8. The Hall–Kier alpha value is -12.8. The van der Waals surface area contributed by atoms with Crippen LogP contribution in [0, 0.1) is 173 Å². The molecule has 12 heteroatoms. The maximum Gasteiger partial charge on any atom is 0.210 e. The molecule has 0 atom stereocenters. The van der Waals surface area contributed by atoms with Crippen molar-refractivity contribution in [1.29, 1.82) is 0 Å². The Bertz CT molecular complexity index is 7320. The number of aromatic nitrogens is 1. The molecular weight excluding hydrogens is 1670 g/mol. The van der Waals surface area contributed by atoms with Crippen molar-refractivity contribution in [2.75, 3.05) is 19.6 Å². The topological polar surface area (TPSA) is 86.2 Å². The van der Waals surface area contributed by atoms with Crippen LogP contribution in [0.25, 0.3) is 33.1 Å². The first kappa shape index (κ1) is 92.4. The van der Waals surface area contributed by atoms with Gasteiger partial charge in [-0.3, -0.25) is 4.79 Å². The Labute approximate surface area is 789 Å². The van der Waals surface area contributed by atoms with Crippen LogP contribution < -0.4 is 25.0 Å². The van der Waals surface area contributed by atoms with Crippen molar-refractivity contribution in [3.8, 4) is 5.69 Å². The Morgan fingerprint density at radius 1 is 0.258 bits per heavy atom. The molecule has 0 N–H and O–H groups in total. The number of aryl methyl sites for hydroxylation is 25.